The van der Waals surface area contributed by atoms with Crippen molar-refractivity contribution in [3.8, 4) is 0 Å². The lowest BCUT2D eigenvalue weighted by Gasteiger charge is -2.18. The predicted octanol–water partition coefficient (Wildman–Crippen LogP) is 20.8. The lowest BCUT2D eigenvalue weighted by molar-refractivity contribution is -0.167. The summed E-state index contributed by atoms with van der Waals surface area (Å²) in [4.78, 5) is 38.2. The lowest BCUT2D eigenvalue weighted by atomic mass is 10.1. The SMILES string of the molecule is CC/C=C\C/C=C\C/C=C\C/C=C\C/C=C\CCCCCC(=O)OC(COC(=O)CCCCCCC/C=C\C/C=C\CCCC)COC(=O)CCCCCCCCCC/C=C\C/C=C\C/C=C\CCCCCCC. The fourth-order valence-electron chi connectivity index (χ4n) is 8.08. The number of unbranched alkanes of at least 4 members (excludes halogenated alkanes) is 23. The number of hydrogen-bond donors (Lipinski definition) is 0. The van der Waals surface area contributed by atoms with Gasteiger partial charge in [-0.1, -0.05) is 245 Å². The molecule has 6 heteroatoms. The number of ether oxygens (including phenoxy) is 3. The highest BCUT2D eigenvalue weighted by atomic mass is 16.6. The van der Waals surface area contributed by atoms with Crippen molar-refractivity contribution in [1.29, 1.82) is 0 Å². The molecular formula is C68H112O6. The first-order chi connectivity index (χ1) is 36.5. The summed E-state index contributed by atoms with van der Waals surface area (Å²) in [5.74, 6) is -0.955. The molecule has 0 fully saturated rings. The van der Waals surface area contributed by atoms with E-state index in [0.29, 0.717) is 12.8 Å². The van der Waals surface area contributed by atoms with Crippen LogP contribution in [0.3, 0.4) is 0 Å². The van der Waals surface area contributed by atoms with E-state index in [1.165, 1.54) is 89.9 Å². The van der Waals surface area contributed by atoms with Gasteiger partial charge < -0.3 is 14.2 Å². The molecule has 1 unspecified atom stereocenters. The third-order valence-corrected chi connectivity index (χ3v) is 12.7. The quantitative estimate of drug-likeness (QED) is 0.0261. The molecule has 0 aromatic heterocycles. The first-order valence-electron chi connectivity index (χ1n) is 30.5. The molecule has 74 heavy (non-hydrogen) atoms. The molecule has 0 N–H and O–H groups in total. The van der Waals surface area contributed by atoms with E-state index >= 15 is 0 Å². The van der Waals surface area contributed by atoms with Crippen LogP contribution < -0.4 is 0 Å². The summed E-state index contributed by atoms with van der Waals surface area (Å²) >= 11 is 0. The fraction of sp³-hybridized carbons (Fsp3) is 0.662. The number of allylic oxidation sites excluding steroid dienone is 20. The molecular weight excluding hydrogens is 913 g/mol. The minimum absolute atomic E-state index is 0.103. The van der Waals surface area contributed by atoms with Crippen molar-refractivity contribution in [3.05, 3.63) is 122 Å². The molecule has 420 valence electrons. The Labute approximate surface area is 456 Å². The standard InChI is InChI=1S/C68H112O6/c1-4-7-10-13-16-19-22-25-28-30-32-33-34-35-37-38-40-43-46-49-52-55-58-61-67(70)73-64-65(63-72-66(69)60-57-54-51-48-45-42-27-24-21-18-15-12-9-6-3)74-68(71)62-59-56-53-50-47-44-41-39-36-31-29-26-23-20-17-14-11-8-5-2/h8,11,15,17-18,20,22,24-27,29-30,32,34-36,39,44,47,65H,4-7,9-10,12-14,16,19,21,23,28,31,33,37-38,40-43,45-46,48-64H2,1-3H3/b11-8-,18-15-,20-17-,25-22-,27-24-,29-26-,32-30-,35-34-,39-36-,47-44-. The van der Waals surface area contributed by atoms with Gasteiger partial charge in [0.15, 0.2) is 6.10 Å². The van der Waals surface area contributed by atoms with E-state index in [-0.39, 0.29) is 37.5 Å². The Balaban J connectivity index is 4.46. The summed E-state index contributed by atoms with van der Waals surface area (Å²) in [6, 6.07) is 0. The molecule has 0 aliphatic carbocycles. The Morgan fingerprint density at radius 2 is 0.541 bits per heavy atom. The second kappa shape index (κ2) is 61.4. The Bertz CT molecular complexity index is 1550. The maximum absolute atomic E-state index is 12.9. The molecule has 0 spiro atoms. The Hall–Kier alpha value is -4.19. The van der Waals surface area contributed by atoms with Crippen LogP contribution in [0.4, 0.5) is 0 Å². The lowest BCUT2D eigenvalue weighted by Crippen LogP contribution is -2.30. The van der Waals surface area contributed by atoms with Crippen molar-refractivity contribution in [1.82, 2.24) is 0 Å². The highest BCUT2D eigenvalue weighted by Crippen LogP contribution is 2.14. The van der Waals surface area contributed by atoms with E-state index in [1.807, 2.05) is 0 Å². The zero-order valence-electron chi connectivity index (χ0n) is 48.1. The topological polar surface area (TPSA) is 78.9 Å². The molecule has 0 amide bonds. The smallest absolute Gasteiger partial charge is 0.306 e. The molecule has 0 heterocycles. The van der Waals surface area contributed by atoms with E-state index in [9.17, 15) is 14.4 Å². The number of esters is 3. The van der Waals surface area contributed by atoms with Crippen molar-refractivity contribution >= 4 is 17.9 Å². The van der Waals surface area contributed by atoms with E-state index in [2.05, 4.69) is 142 Å². The maximum atomic E-state index is 12.9. The predicted molar refractivity (Wildman–Crippen MR) is 320 cm³/mol. The average molecular weight is 1030 g/mol. The Morgan fingerprint density at radius 1 is 0.284 bits per heavy atom. The number of carbonyl (C=O) groups excluding carboxylic acids is 3. The summed E-state index contributed by atoms with van der Waals surface area (Å²) in [5.41, 5.74) is 0. The van der Waals surface area contributed by atoms with Crippen LogP contribution in [-0.4, -0.2) is 37.2 Å². The number of rotatable bonds is 54. The van der Waals surface area contributed by atoms with Crippen LogP contribution >= 0.6 is 0 Å². The molecule has 0 aromatic carbocycles. The largest absolute Gasteiger partial charge is 0.462 e. The Kier molecular flexibility index (Phi) is 57.9. The van der Waals surface area contributed by atoms with Crippen LogP contribution in [0.15, 0.2) is 122 Å². The highest BCUT2D eigenvalue weighted by molar-refractivity contribution is 5.71. The molecule has 0 aliphatic rings. The number of carbonyl (C=O) groups is 3. The van der Waals surface area contributed by atoms with Gasteiger partial charge in [-0.15, -0.1) is 0 Å². The molecule has 0 radical (unpaired) electrons. The minimum atomic E-state index is -0.809. The van der Waals surface area contributed by atoms with Gasteiger partial charge in [-0.05, 0) is 128 Å². The zero-order chi connectivity index (χ0) is 53.6. The van der Waals surface area contributed by atoms with Crippen LogP contribution in [0.25, 0.3) is 0 Å². The fourth-order valence-corrected chi connectivity index (χ4v) is 8.08. The third-order valence-electron chi connectivity index (χ3n) is 12.7. The van der Waals surface area contributed by atoms with Crippen LogP contribution in [0, 0.1) is 0 Å². The van der Waals surface area contributed by atoms with Gasteiger partial charge in [0, 0.05) is 19.3 Å². The molecule has 0 saturated carbocycles. The molecule has 0 bridgehead atoms. The van der Waals surface area contributed by atoms with Gasteiger partial charge in [-0.25, -0.2) is 0 Å². The Morgan fingerprint density at radius 3 is 0.878 bits per heavy atom. The van der Waals surface area contributed by atoms with Gasteiger partial charge >= 0.3 is 17.9 Å². The van der Waals surface area contributed by atoms with Crippen molar-refractivity contribution in [3.63, 3.8) is 0 Å². The van der Waals surface area contributed by atoms with Crippen molar-refractivity contribution in [2.75, 3.05) is 13.2 Å². The summed E-state index contributed by atoms with van der Waals surface area (Å²) in [7, 11) is 0. The second-order valence-corrected chi connectivity index (χ2v) is 19.9. The van der Waals surface area contributed by atoms with Crippen molar-refractivity contribution in [2.24, 2.45) is 0 Å². The van der Waals surface area contributed by atoms with Gasteiger partial charge in [0.2, 0.25) is 0 Å². The highest BCUT2D eigenvalue weighted by Gasteiger charge is 2.19. The van der Waals surface area contributed by atoms with Gasteiger partial charge in [-0.3, -0.25) is 14.4 Å². The van der Waals surface area contributed by atoms with Crippen molar-refractivity contribution < 1.29 is 28.6 Å². The van der Waals surface area contributed by atoms with Gasteiger partial charge in [0.1, 0.15) is 13.2 Å². The third kappa shape index (κ3) is 58.7. The summed E-state index contributed by atoms with van der Waals surface area (Å²) in [6.07, 6.45) is 84.8. The van der Waals surface area contributed by atoms with E-state index < -0.39 is 6.10 Å². The monoisotopic (exact) mass is 1020 g/mol. The molecule has 0 rings (SSSR count). The second-order valence-electron chi connectivity index (χ2n) is 19.9. The molecule has 6 nitrogen and oxygen atoms in total. The van der Waals surface area contributed by atoms with E-state index in [0.717, 1.165) is 141 Å². The maximum Gasteiger partial charge on any atom is 0.306 e. The van der Waals surface area contributed by atoms with Crippen LogP contribution in [0.1, 0.15) is 271 Å². The van der Waals surface area contributed by atoms with E-state index in [4.69, 9.17) is 14.2 Å². The number of hydrogen-bond acceptors (Lipinski definition) is 6. The van der Waals surface area contributed by atoms with Gasteiger partial charge in [0.05, 0.1) is 0 Å². The summed E-state index contributed by atoms with van der Waals surface area (Å²) in [6.45, 7) is 6.43. The average Bonchev–Trinajstić information content (AvgIpc) is 3.40. The van der Waals surface area contributed by atoms with Gasteiger partial charge in [-0.2, -0.15) is 0 Å². The first-order valence-corrected chi connectivity index (χ1v) is 30.5. The molecule has 0 aromatic rings. The summed E-state index contributed by atoms with van der Waals surface area (Å²) in [5, 5.41) is 0. The molecule has 0 saturated heterocycles. The van der Waals surface area contributed by atoms with E-state index in [1.54, 1.807) is 0 Å². The van der Waals surface area contributed by atoms with Crippen molar-refractivity contribution in [2.45, 2.75) is 277 Å². The van der Waals surface area contributed by atoms with Crippen LogP contribution in [0.5, 0.6) is 0 Å². The normalized spacial score (nSPS) is 13.0. The van der Waals surface area contributed by atoms with Gasteiger partial charge in [0.25, 0.3) is 0 Å². The zero-order valence-corrected chi connectivity index (χ0v) is 48.1. The van der Waals surface area contributed by atoms with Crippen LogP contribution in [-0.2, 0) is 28.6 Å². The van der Waals surface area contributed by atoms with Crippen LogP contribution in [0.2, 0.25) is 0 Å². The minimum Gasteiger partial charge on any atom is -0.462 e. The first kappa shape index (κ1) is 69.8. The summed E-state index contributed by atoms with van der Waals surface area (Å²) < 4.78 is 16.9. The molecule has 0 aliphatic heterocycles. The molecule has 1 atom stereocenters.